The van der Waals surface area contributed by atoms with Gasteiger partial charge >= 0.3 is 0 Å². The number of rotatable bonds is 2. The maximum absolute atomic E-state index is 3.76. The number of aliphatic imine (C=N–C) groups is 1. The third kappa shape index (κ3) is 1.06. The summed E-state index contributed by atoms with van der Waals surface area (Å²) in [5.41, 5.74) is 1.36. The first-order valence-corrected chi connectivity index (χ1v) is 2.70. The van der Waals surface area contributed by atoms with Crippen LogP contribution in [0.15, 0.2) is 28.8 Å². The summed E-state index contributed by atoms with van der Waals surface area (Å²) in [4.78, 5) is 3.76. The Morgan fingerprint density at radius 3 is 3.12 bits per heavy atom. The van der Waals surface area contributed by atoms with Gasteiger partial charge in [-0.25, -0.2) is 0 Å². The molecule has 8 heavy (non-hydrogen) atoms. The van der Waals surface area contributed by atoms with Crippen molar-refractivity contribution < 1.29 is 0 Å². The maximum atomic E-state index is 3.76. The summed E-state index contributed by atoms with van der Waals surface area (Å²) in [7, 11) is 0. The van der Waals surface area contributed by atoms with Gasteiger partial charge in [-0.1, -0.05) is 18.2 Å². The molecule has 0 N–H and O–H groups in total. The topological polar surface area (TPSA) is 12.4 Å². The largest absolute Gasteiger partial charge is 0.297 e. The van der Waals surface area contributed by atoms with E-state index in [1.165, 1.54) is 5.57 Å². The Morgan fingerprint density at radius 2 is 2.62 bits per heavy atom. The molecular formula is C7H9N. The van der Waals surface area contributed by atoms with Gasteiger partial charge in [0.15, 0.2) is 0 Å². The molecule has 0 fully saturated rings. The Hall–Kier alpha value is -0.850. The molecule has 0 atom stereocenters. The molecule has 0 saturated carbocycles. The van der Waals surface area contributed by atoms with Gasteiger partial charge in [0.1, 0.15) is 0 Å². The summed E-state index contributed by atoms with van der Waals surface area (Å²) in [6.07, 6.45) is 7.34. The third-order valence-corrected chi connectivity index (χ3v) is 1.16. The van der Waals surface area contributed by atoms with Crippen molar-refractivity contribution >= 4 is 6.72 Å². The third-order valence-electron chi connectivity index (χ3n) is 1.16. The first kappa shape index (κ1) is 5.29. The van der Waals surface area contributed by atoms with Gasteiger partial charge in [0.05, 0.1) is 6.54 Å². The van der Waals surface area contributed by atoms with Crippen molar-refractivity contribution in [3.05, 3.63) is 23.8 Å². The number of nitrogens with zero attached hydrogens (tertiary/aromatic N) is 1. The van der Waals surface area contributed by atoms with E-state index in [4.69, 9.17) is 0 Å². The molecule has 0 aliphatic heterocycles. The van der Waals surface area contributed by atoms with Crippen LogP contribution in [-0.2, 0) is 0 Å². The minimum atomic E-state index is 0.799. The van der Waals surface area contributed by atoms with Gasteiger partial charge in [0.25, 0.3) is 0 Å². The van der Waals surface area contributed by atoms with E-state index in [2.05, 4.69) is 29.9 Å². The Balaban J connectivity index is 2.39. The Morgan fingerprint density at radius 1 is 1.75 bits per heavy atom. The normalized spacial score (nSPS) is 16.2. The predicted molar refractivity (Wildman–Crippen MR) is 36.3 cm³/mol. The highest BCUT2D eigenvalue weighted by Gasteiger charge is 1.94. The van der Waals surface area contributed by atoms with Crippen LogP contribution >= 0.6 is 0 Å². The van der Waals surface area contributed by atoms with Gasteiger partial charge in [-0.05, 0) is 18.7 Å². The molecule has 0 aromatic heterocycles. The Kier molecular flexibility index (Phi) is 1.62. The van der Waals surface area contributed by atoms with Crippen LogP contribution < -0.4 is 0 Å². The Labute approximate surface area is 49.4 Å². The van der Waals surface area contributed by atoms with Crippen LogP contribution in [0.2, 0.25) is 0 Å². The Bertz CT molecular complexity index is 142. The van der Waals surface area contributed by atoms with Gasteiger partial charge < -0.3 is 0 Å². The minimum Gasteiger partial charge on any atom is -0.297 e. The molecule has 42 valence electrons. The molecule has 0 spiro atoms. The lowest BCUT2D eigenvalue weighted by molar-refractivity contribution is 1.10. The van der Waals surface area contributed by atoms with Crippen molar-refractivity contribution in [2.75, 3.05) is 6.54 Å². The number of allylic oxidation sites excluding steroid dienone is 3. The summed E-state index contributed by atoms with van der Waals surface area (Å²) >= 11 is 0. The number of hydrogen-bond donors (Lipinski definition) is 0. The van der Waals surface area contributed by atoms with Crippen LogP contribution in [0.1, 0.15) is 6.42 Å². The fourth-order valence-corrected chi connectivity index (χ4v) is 0.752. The van der Waals surface area contributed by atoms with E-state index in [0.29, 0.717) is 0 Å². The fraction of sp³-hybridized carbons (Fsp3) is 0.286. The second-order valence-corrected chi connectivity index (χ2v) is 1.84. The van der Waals surface area contributed by atoms with Crippen molar-refractivity contribution in [3.63, 3.8) is 0 Å². The van der Waals surface area contributed by atoms with Crippen LogP contribution in [0.4, 0.5) is 0 Å². The monoisotopic (exact) mass is 107 g/mol. The van der Waals surface area contributed by atoms with E-state index < -0.39 is 0 Å². The SMILES string of the molecule is C=NCC1=CC=CC1. The summed E-state index contributed by atoms with van der Waals surface area (Å²) in [6, 6.07) is 0. The average Bonchev–Trinajstić information content (AvgIpc) is 2.19. The first-order valence-electron chi connectivity index (χ1n) is 2.70. The first-order chi connectivity index (χ1) is 3.93. The highest BCUT2D eigenvalue weighted by atomic mass is 14.7. The van der Waals surface area contributed by atoms with Crippen molar-refractivity contribution in [1.29, 1.82) is 0 Å². The molecule has 0 aromatic carbocycles. The second-order valence-electron chi connectivity index (χ2n) is 1.84. The highest BCUT2D eigenvalue weighted by molar-refractivity contribution is 5.29. The van der Waals surface area contributed by atoms with E-state index in [-0.39, 0.29) is 0 Å². The molecule has 0 saturated heterocycles. The van der Waals surface area contributed by atoms with Crippen LogP contribution in [0.25, 0.3) is 0 Å². The lowest BCUT2D eigenvalue weighted by Crippen LogP contribution is -1.80. The second kappa shape index (κ2) is 2.46. The molecule has 0 bridgehead atoms. The van der Waals surface area contributed by atoms with E-state index in [0.717, 1.165) is 13.0 Å². The molecule has 0 amide bonds. The van der Waals surface area contributed by atoms with Crippen LogP contribution in [-0.4, -0.2) is 13.3 Å². The van der Waals surface area contributed by atoms with Crippen LogP contribution in [0, 0.1) is 0 Å². The van der Waals surface area contributed by atoms with Crippen LogP contribution in [0.3, 0.4) is 0 Å². The van der Waals surface area contributed by atoms with E-state index in [9.17, 15) is 0 Å². The smallest absolute Gasteiger partial charge is 0.0598 e. The molecule has 1 rings (SSSR count). The molecule has 1 heteroatoms. The van der Waals surface area contributed by atoms with Crippen molar-refractivity contribution in [2.45, 2.75) is 6.42 Å². The zero-order valence-corrected chi connectivity index (χ0v) is 4.80. The van der Waals surface area contributed by atoms with Gasteiger partial charge in [-0.3, -0.25) is 4.99 Å². The molecule has 0 heterocycles. The maximum Gasteiger partial charge on any atom is 0.0598 e. The summed E-state index contributed by atoms with van der Waals surface area (Å²) in [5.74, 6) is 0. The summed E-state index contributed by atoms with van der Waals surface area (Å²) in [6.45, 7) is 4.20. The van der Waals surface area contributed by atoms with E-state index in [1.54, 1.807) is 0 Å². The van der Waals surface area contributed by atoms with E-state index >= 15 is 0 Å². The molecule has 1 aliphatic carbocycles. The molecule has 1 nitrogen and oxygen atoms in total. The van der Waals surface area contributed by atoms with Gasteiger partial charge in [-0.2, -0.15) is 0 Å². The molecular weight excluding hydrogens is 98.1 g/mol. The molecule has 0 unspecified atom stereocenters. The molecule has 0 aromatic rings. The zero-order valence-electron chi connectivity index (χ0n) is 4.80. The summed E-state index contributed by atoms with van der Waals surface area (Å²) in [5, 5.41) is 0. The van der Waals surface area contributed by atoms with Gasteiger partial charge in [-0.15, -0.1) is 0 Å². The number of hydrogen-bond acceptors (Lipinski definition) is 1. The predicted octanol–water partition coefficient (Wildman–Crippen LogP) is 1.57. The van der Waals surface area contributed by atoms with Crippen LogP contribution in [0.5, 0.6) is 0 Å². The highest BCUT2D eigenvalue weighted by Crippen LogP contribution is 2.09. The average molecular weight is 107 g/mol. The fourth-order valence-electron chi connectivity index (χ4n) is 0.752. The van der Waals surface area contributed by atoms with Crippen molar-refractivity contribution in [1.82, 2.24) is 0 Å². The van der Waals surface area contributed by atoms with E-state index in [1.807, 2.05) is 0 Å². The lowest BCUT2D eigenvalue weighted by Gasteiger charge is -1.90. The molecule has 1 aliphatic rings. The quantitative estimate of drug-likeness (QED) is 0.475. The minimum absolute atomic E-state index is 0.799. The summed E-state index contributed by atoms with van der Waals surface area (Å²) < 4.78 is 0. The lowest BCUT2D eigenvalue weighted by atomic mass is 10.2. The zero-order chi connectivity index (χ0) is 5.82. The van der Waals surface area contributed by atoms with Gasteiger partial charge in [0.2, 0.25) is 0 Å². The van der Waals surface area contributed by atoms with Crippen molar-refractivity contribution in [3.8, 4) is 0 Å². The molecule has 0 radical (unpaired) electrons. The standard InChI is InChI=1S/C7H9N/c1-8-6-7-4-2-3-5-7/h2-4H,1,5-6H2. The van der Waals surface area contributed by atoms with Gasteiger partial charge in [0, 0.05) is 0 Å². The van der Waals surface area contributed by atoms with Crippen molar-refractivity contribution in [2.24, 2.45) is 4.99 Å².